The van der Waals surface area contributed by atoms with E-state index in [1.165, 1.54) is 0 Å². The number of nitrogens with one attached hydrogen (secondary N) is 1. The van der Waals surface area contributed by atoms with Crippen LogP contribution >= 0.6 is 0 Å². The summed E-state index contributed by atoms with van der Waals surface area (Å²) < 4.78 is 5.24. The van der Waals surface area contributed by atoms with Crippen molar-refractivity contribution in [2.45, 2.75) is 13.0 Å². The van der Waals surface area contributed by atoms with Crippen LogP contribution in [0.4, 0.5) is 0 Å². The van der Waals surface area contributed by atoms with Crippen molar-refractivity contribution in [3.63, 3.8) is 0 Å². The quantitative estimate of drug-likeness (QED) is 0.346. The van der Waals surface area contributed by atoms with E-state index >= 15 is 0 Å². The van der Waals surface area contributed by atoms with Crippen molar-refractivity contribution in [3.8, 4) is 0 Å². The molecule has 0 aromatic carbocycles. The molecule has 0 saturated heterocycles. The summed E-state index contributed by atoms with van der Waals surface area (Å²) in [5, 5.41) is 6.12. The first-order valence-electron chi connectivity index (χ1n) is 5.66. The van der Waals surface area contributed by atoms with Crippen LogP contribution in [0.5, 0.6) is 0 Å². The molecule has 0 bridgehead atoms. The van der Waals surface area contributed by atoms with Crippen molar-refractivity contribution in [2.24, 2.45) is 5.11 Å². The van der Waals surface area contributed by atoms with Gasteiger partial charge in [-0.15, -0.1) is 0 Å². The van der Waals surface area contributed by atoms with E-state index in [9.17, 15) is 4.79 Å². The Bertz CT molecular complexity index is 434. The van der Waals surface area contributed by atoms with E-state index in [2.05, 4.69) is 20.2 Å². The Balaban J connectivity index is 2.37. The summed E-state index contributed by atoms with van der Waals surface area (Å²) in [7, 11) is 3.96. The molecule has 18 heavy (non-hydrogen) atoms. The number of carbonyl (C=O) groups excluding carboxylic acids is 1. The predicted molar refractivity (Wildman–Crippen MR) is 67.1 cm³/mol. The van der Waals surface area contributed by atoms with E-state index in [-0.39, 0.29) is 18.2 Å². The average Bonchev–Trinajstić information content (AvgIpc) is 2.80. The Morgan fingerprint density at radius 3 is 3.00 bits per heavy atom. The second-order valence-corrected chi connectivity index (χ2v) is 4.07. The van der Waals surface area contributed by atoms with E-state index < -0.39 is 0 Å². The molecule has 1 N–H and O–H groups in total. The van der Waals surface area contributed by atoms with Gasteiger partial charge in [0.1, 0.15) is 5.76 Å². The van der Waals surface area contributed by atoms with Gasteiger partial charge >= 0.3 is 0 Å². The summed E-state index contributed by atoms with van der Waals surface area (Å²) in [5.41, 5.74) is 8.17. The van der Waals surface area contributed by atoms with Crippen LogP contribution < -0.4 is 5.32 Å². The van der Waals surface area contributed by atoms with Gasteiger partial charge in [-0.2, -0.15) is 0 Å². The molecule has 1 heterocycles. The molecule has 1 aromatic heterocycles. The van der Waals surface area contributed by atoms with Crippen molar-refractivity contribution in [3.05, 3.63) is 34.1 Å². The second kappa shape index (κ2) is 7.37. The zero-order valence-electron chi connectivity index (χ0n) is 10.6. The van der Waals surface area contributed by atoms with E-state index in [0.717, 1.165) is 13.0 Å². The summed E-state index contributed by atoms with van der Waals surface area (Å²) in [6.07, 6.45) is 0.880. The van der Waals surface area contributed by atoms with Crippen molar-refractivity contribution < 1.29 is 9.21 Å². The van der Waals surface area contributed by atoms with E-state index in [0.29, 0.717) is 12.3 Å². The molecule has 1 amide bonds. The monoisotopic (exact) mass is 251 g/mol. The average molecular weight is 251 g/mol. The number of hydrogen-bond donors (Lipinski definition) is 1. The molecule has 7 heteroatoms. The van der Waals surface area contributed by atoms with Gasteiger partial charge in [-0.05, 0) is 44.7 Å². The summed E-state index contributed by atoms with van der Waals surface area (Å²) in [6, 6.07) is 3.20. The highest BCUT2D eigenvalue weighted by Gasteiger charge is 2.09. The Morgan fingerprint density at radius 1 is 1.56 bits per heavy atom. The lowest BCUT2D eigenvalue weighted by Crippen LogP contribution is -2.26. The van der Waals surface area contributed by atoms with Crippen LogP contribution in [0.3, 0.4) is 0 Å². The molecule has 0 unspecified atom stereocenters. The molecule has 0 atom stereocenters. The summed E-state index contributed by atoms with van der Waals surface area (Å²) in [4.78, 5) is 16.3. The van der Waals surface area contributed by atoms with Crippen LogP contribution in [0, 0.1) is 0 Å². The predicted octanol–water partition coefficient (Wildman–Crippen LogP) is 1.77. The highest BCUT2D eigenvalue weighted by molar-refractivity contribution is 5.91. The second-order valence-electron chi connectivity index (χ2n) is 4.07. The largest absolute Gasteiger partial charge is 0.456 e. The first-order chi connectivity index (χ1) is 8.63. The highest BCUT2D eigenvalue weighted by atomic mass is 16.4. The Labute approximate surface area is 105 Å². The maximum Gasteiger partial charge on any atom is 0.286 e. The van der Waals surface area contributed by atoms with Gasteiger partial charge < -0.3 is 14.6 Å². The van der Waals surface area contributed by atoms with Gasteiger partial charge in [0.15, 0.2) is 5.76 Å². The number of rotatable bonds is 7. The SMILES string of the molecule is CN(C)CCCNC(=O)c1ccc(CN=[N+]=[N-])o1. The van der Waals surface area contributed by atoms with Crippen LogP contribution in [0.1, 0.15) is 22.7 Å². The first-order valence-corrected chi connectivity index (χ1v) is 5.66. The van der Waals surface area contributed by atoms with Gasteiger partial charge in [0, 0.05) is 11.5 Å². The highest BCUT2D eigenvalue weighted by Crippen LogP contribution is 2.08. The number of nitrogens with zero attached hydrogens (tertiary/aromatic N) is 4. The van der Waals surface area contributed by atoms with Crippen LogP contribution in [-0.4, -0.2) is 38.0 Å². The minimum atomic E-state index is -0.249. The molecule has 0 aliphatic heterocycles. The normalized spacial score (nSPS) is 10.2. The Morgan fingerprint density at radius 2 is 2.33 bits per heavy atom. The zero-order chi connectivity index (χ0) is 13.4. The number of hydrogen-bond acceptors (Lipinski definition) is 4. The van der Waals surface area contributed by atoms with Crippen LogP contribution in [0.2, 0.25) is 0 Å². The number of carbonyl (C=O) groups is 1. The van der Waals surface area contributed by atoms with Gasteiger partial charge in [-0.25, -0.2) is 0 Å². The fourth-order valence-electron chi connectivity index (χ4n) is 1.37. The number of furan rings is 1. The van der Waals surface area contributed by atoms with E-state index in [4.69, 9.17) is 9.95 Å². The third kappa shape index (κ3) is 4.90. The molecule has 0 spiro atoms. The minimum absolute atomic E-state index is 0.115. The third-order valence-electron chi connectivity index (χ3n) is 2.24. The van der Waals surface area contributed by atoms with Crippen molar-refractivity contribution >= 4 is 5.91 Å². The number of azide groups is 1. The molecular weight excluding hydrogens is 234 g/mol. The smallest absolute Gasteiger partial charge is 0.286 e. The van der Waals surface area contributed by atoms with Crippen LogP contribution in [0.15, 0.2) is 21.7 Å². The van der Waals surface area contributed by atoms with Crippen LogP contribution in [-0.2, 0) is 6.54 Å². The van der Waals surface area contributed by atoms with Gasteiger partial charge in [-0.3, -0.25) is 4.79 Å². The molecule has 0 saturated carbocycles. The van der Waals surface area contributed by atoms with Crippen LogP contribution in [0.25, 0.3) is 10.4 Å². The lowest BCUT2D eigenvalue weighted by Gasteiger charge is -2.09. The molecule has 0 fully saturated rings. The van der Waals surface area contributed by atoms with Crippen molar-refractivity contribution in [1.82, 2.24) is 10.2 Å². The molecule has 0 aliphatic carbocycles. The fourth-order valence-corrected chi connectivity index (χ4v) is 1.37. The molecule has 0 radical (unpaired) electrons. The third-order valence-corrected chi connectivity index (χ3v) is 2.24. The lowest BCUT2D eigenvalue weighted by molar-refractivity contribution is 0.0923. The fraction of sp³-hybridized carbons (Fsp3) is 0.545. The topological polar surface area (TPSA) is 94.2 Å². The maximum absolute atomic E-state index is 11.7. The summed E-state index contributed by atoms with van der Waals surface area (Å²) in [5.74, 6) is 0.468. The molecular formula is C11H17N5O2. The standard InChI is InChI=1S/C11H17N5O2/c1-16(2)7-3-6-13-11(17)10-5-4-9(18-10)8-14-15-12/h4-5H,3,6-8H2,1-2H3,(H,13,17). The zero-order valence-corrected chi connectivity index (χ0v) is 10.6. The Hall–Kier alpha value is -1.98. The van der Waals surface area contributed by atoms with E-state index in [1.54, 1.807) is 12.1 Å². The molecule has 1 aromatic rings. The van der Waals surface area contributed by atoms with Crippen molar-refractivity contribution in [1.29, 1.82) is 0 Å². The van der Waals surface area contributed by atoms with Gasteiger partial charge in [0.25, 0.3) is 5.91 Å². The summed E-state index contributed by atoms with van der Waals surface area (Å²) in [6.45, 7) is 1.63. The molecule has 7 nitrogen and oxygen atoms in total. The van der Waals surface area contributed by atoms with Crippen molar-refractivity contribution in [2.75, 3.05) is 27.2 Å². The molecule has 1 rings (SSSR count). The van der Waals surface area contributed by atoms with Gasteiger partial charge in [-0.1, -0.05) is 5.11 Å². The Kier molecular flexibility index (Phi) is 5.76. The molecule has 98 valence electrons. The van der Waals surface area contributed by atoms with E-state index in [1.807, 2.05) is 14.1 Å². The minimum Gasteiger partial charge on any atom is -0.456 e. The van der Waals surface area contributed by atoms with Gasteiger partial charge in [0.05, 0.1) is 6.54 Å². The maximum atomic E-state index is 11.7. The first kappa shape index (κ1) is 14.1. The lowest BCUT2D eigenvalue weighted by atomic mass is 10.3. The summed E-state index contributed by atoms with van der Waals surface area (Å²) >= 11 is 0. The number of amides is 1. The van der Waals surface area contributed by atoms with Gasteiger partial charge in [0.2, 0.25) is 0 Å². The molecule has 0 aliphatic rings.